The van der Waals surface area contributed by atoms with E-state index in [-0.39, 0.29) is 11.8 Å². The maximum Gasteiger partial charge on any atom is 0.221 e. The first-order valence-corrected chi connectivity index (χ1v) is 20.3. The number of hydrogen-bond acceptors (Lipinski definition) is 5. The summed E-state index contributed by atoms with van der Waals surface area (Å²) < 4.78 is 0. The maximum absolute atomic E-state index is 12.3. The van der Waals surface area contributed by atoms with E-state index >= 15 is 0 Å². The van der Waals surface area contributed by atoms with Crippen molar-refractivity contribution in [3.63, 3.8) is 0 Å². The van der Waals surface area contributed by atoms with Crippen molar-refractivity contribution < 1.29 is 9.59 Å². The van der Waals surface area contributed by atoms with E-state index in [0.717, 1.165) is 77.9 Å². The topological polar surface area (TPSA) is 99.5 Å². The number of nitrogens with one attached hydrogen (secondary N) is 3. The van der Waals surface area contributed by atoms with Crippen molar-refractivity contribution in [3.8, 4) is 0 Å². The summed E-state index contributed by atoms with van der Waals surface area (Å²) in [6, 6.07) is 0. The van der Waals surface area contributed by atoms with Crippen LogP contribution >= 0.6 is 0 Å². The molecular weight excluding hydrogens is 570 g/mol. The molecule has 5 N–H and O–H groups in total. The first-order valence-electron chi connectivity index (χ1n) is 20.3. The van der Waals surface area contributed by atoms with Crippen LogP contribution in [0.1, 0.15) is 187 Å². The zero-order chi connectivity index (χ0) is 33.6. The summed E-state index contributed by atoms with van der Waals surface area (Å²) in [5.74, 6) is 0.366. The monoisotopic (exact) mass is 652 g/mol. The van der Waals surface area contributed by atoms with Crippen LogP contribution in [0.2, 0.25) is 0 Å². The second-order valence-corrected chi connectivity index (χ2v) is 13.7. The third-order valence-electron chi connectivity index (χ3n) is 9.17. The van der Waals surface area contributed by atoms with Gasteiger partial charge in [0.1, 0.15) is 0 Å². The number of carbonyl (C=O) groups is 2. The normalized spacial score (nSPS) is 11.4. The molecule has 274 valence electrons. The first kappa shape index (κ1) is 44.8. The minimum atomic E-state index is 0.157. The van der Waals surface area contributed by atoms with E-state index in [1.807, 2.05) is 0 Å². The number of unbranched alkanes of at least 4 members (excludes halogenated alkanes) is 22. The van der Waals surface area contributed by atoms with Gasteiger partial charge < -0.3 is 26.6 Å². The minimum Gasteiger partial charge on any atom is -0.356 e. The van der Waals surface area contributed by atoms with Gasteiger partial charge in [0.2, 0.25) is 11.8 Å². The third-order valence-corrected chi connectivity index (χ3v) is 9.17. The molecular formula is C39H81N5O2. The molecule has 0 aromatic rings. The Morgan fingerprint density at radius 3 is 1.28 bits per heavy atom. The van der Waals surface area contributed by atoms with Gasteiger partial charge in [-0.2, -0.15) is 0 Å². The van der Waals surface area contributed by atoms with Crippen molar-refractivity contribution in [1.82, 2.24) is 20.9 Å². The molecule has 0 bridgehead atoms. The molecule has 0 aliphatic rings. The van der Waals surface area contributed by atoms with Crippen molar-refractivity contribution in [1.29, 1.82) is 0 Å². The van der Waals surface area contributed by atoms with Crippen molar-refractivity contribution >= 4 is 11.8 Å². The quantitative estimate of drug-likeness (QED) is 0.0501. The highest BCUT2D eigenvalue weighted by Crippen LogP contribution is 2.12. The Morgan fingerprint density at radius 2 is 0.826 bits per heavy atom. The summed E-state index contributed by atoms with van der Waals surface area (Å²) >= 11 is 0. The standard InChI is InChI=1S/C39H81N5O2/c1-3-5-7-9-11-13-15-17-19-21-26-32-42-38(45)28-24-23-25-31-41-34-37-44(36-30-40)35-29-39(46)43-33-27-22-20-18-16-14-12-10-8-6-4-2/h41H,3-37,40H2,1-2H3,(H,42,45)(H,43,46). The largest absolute Gasteiger partial charge is 0.356 e. The van der Waals surface area contributed by atoms with Crippen LogP contribution in [0.5, 0.6) is 0 Å². The molecule has 0 radical (unpaired) electrons. The average molecular weight is 652 g/mol. The van der Waals surface area contributed by atoms with Gasteiger partial charge in [0.25, 0.3) is 0 Å². The number of hydrogen-bond donors (Lipinski definition) is 4. The van der Waals surface area contributed by atoms with Gasteiger partial charge >= 0.3 is 0 Å². The van der Waals surface area contributed by atoms with Gasteiger partial charge in [0.05, 0.1) is 0 Å². The molecule has 7 nitrogen and oxygen atoms in total. The highest BCUT2D eigenvalue weighted by Gasteiger charge is 2.08. The van der Waals surface area contributed by atoms with Gasteiger partial charge in [-0.15, -0.1) is 0 Å². The van der Waals surface area contributed by atoms with Crippen LogP contribution in [-0.4, -0.2) is 69.1 Å². The molecule has 46 heavy (non-hydrogen) atoms. The average Bonchev–Trinajstić information content (AvgIpc) is 3.05. The molecule has 0 unspecified atom stereocenters. The van der Waals surface area contributed by atoms with Crippen LogP contribution in [0, 0.1) is 0 Å². The Kier molecular flexibility index (Phi) is 37.3. The molecule has 0 heterocycles. The lowest BCUT2D eigenvalue weighted by Gasteiger charge is -2.21. The number of rotatable bonds is 38. The number of nitrogens with two attached hydrogens (primary N) is 1. The first-order chi connectivity index (χ1) is 22.6. The molecule has 0 atom stereocenters. The van der Waals surface area contributed by atoms with Crippen molar-refractivity contribution in [2.75, 3.05) is 52.4 Å². The third kappa shape index (κ3) is 35.7. The molecule has 0 aliphatic heterocycles. The van der Waals surface area contributed by atoms with Crippen LogP contribution in [0.3, 0.4) is 0 Å². The number of amides is 2. The van der Waals surface area contributed by atoms with E-state index < -0.39 is 0 Å². The molecule has 0 rings (SSSR count). The number of nitrogens with zero attached hydrogens (tertiary/aromatic N) is 1. The van der Waals surface area contributed by atoms with Crippen LogP contribution in [-0.2, 0) is 9.59 Å². The fraction of sp³-hybridized carbons (Fsp3) is 0.949. The van der Waals surface area contributed by atoms with E-state index in [9.17, 15) is 9.59 Å². The Bertz CT molecular complexity index is 634. The van der Waals surface area contributed by atoms with E-state index in [0.29, 0.717) is 19.4 Å². The predicted octanol–water partition coefficient (Wildman–Crippen LogP) is 8.64. The Hall–Kier alpha value is -1.18. The lowest BCUT2D eigenvalue weighted by Crippen LogP contribution is -2.38. The van der Waals surface area contributed by atoms with E-state index in [1.54, 1.807) is 0 Å². The molecule has 0 fully saturated rings. The lowest BCUT2D eigenvalue weighted by molar-refractivity contribution is -0.122. The SMILES string of the molecule is CCCCCCCCCCCCCNC(=O)CCCCCNCCN(CCN)CCC(=O)NCCCCCCCCCCCCC. The zero-order valence-electron chi connectivity index (χ0n) is 31.1. The van der Waals surface area contributed by atoms with Gasteiger partial charge in [-0.25, -0.2) is 0 Å². The van der Waals surface area contributed by atoms with Gasteiger partial charge in [0, 0.05) is 58.7 Å². The maximum atomic E-state index is 12.3. The highest BCUT2D eigenvalue weighted by atomic mass is 16.2. The van der Waals surface area contributed by atoms with E-state index in [1.165, 1.54) is 128 Å². The lowest BCUT2D eigenvalue weighted by atomic mass is 10.1. The molecule has 0 spiro atoms. The van der Waals surface area contributed by atoms with Gasteiger partial charge in [-0.3, -0.25) is 9.59 Å². The fourth-order valence-corrected chi connectivity index (χ4v) is 6.06. The summed E-state index contributed by atoms with van der Waals surface area (Å²) in [6.45, 7) is 11.1. The van der Waals surface area contributed by atoms with Crippen LogP contribution in [0.25, 0.3) is 0 Å². The van der Waals surface area contributed by atoms with E-state index in [2.05, 4.69) is 34.7 Å². The number of carbonyl (C=O) groups excluding carboxylic acids is 2. The summed E-state index contributed by atoms with van der Waals surface area (Å²) in [5.41, 5.74) is 5.82. The van der Waals surface area contributed by atoms with Crippen LogP contribution < -0.4 is 21.7 Å². The van der Waals surface area contributed by atoms with Crippen molar-refractivity contribution in [2.24, 2.45) is 5.73 Å². The second-order valence-electron chi connectivity index (χ2n) is 13.7. The Labute approximate surface area is 287 Å². The smallest absolute Gasteiger partial charge is 0.221 e. The summed E-state index contributed by atoms with van der Waals surface area (Å²) in [5, 5.41) is 9.73. The molecule has 2 amide bonds. The Morgan fingerprint density at radius 1 is 0.435 bits per heavy atom. The van der Waals surface area contributed by atoms with Gasteiger partial charge in [0.15, 0.2) is 0 Å². The fourth-order valence-electron chi connectivity index (χ4n) is 6.06. The Balaban J connectivity index is 3.54. The molecule has 0 saturated carbocycles. The van der Waals surface area contributed by atoms with Gasteiger partial charge in [-0.1, -0.05) is 149 Å². The summed E-state index contributed by atoms with van der Waals surface area (Å²) in [7, 11) is 0. The molecule has 0 aromatic carbocycles. The minimum absolute atomic E-state index is 0.157. The molecule has 0 saturated heterocycles. The summed E-state index contributed by atoms with van der Waals surface area (Å²) in [4.78, 5) is 26.7. The van der Waals surface area contributed by atoms with E-state index in [4.69, 9.17) is 5.73 Å². The van der Waals surface area contributed by atoms with Crippen molar-refractivity contribution in [2.45, 2.75) is 187 Å². The van der Waals surface area contributed by atoms with Crippen LogP contribution in [0.15, 0.2) is 0 Å². The zero-order valence-corrected chi connectivity index (χ0v) is 31.1. The summed E-state index contributed by atoms with van der Waals surface area (Å²) in [6.07, 6.45) is 33.6. The molecule has 7 heteroatoms. The highest BCUT2D eigenvalue weighted by molar-refractivity contribution is 5.76. The van der Waals surface area contributed by atoms with Crippen molar-refractivity contribution in [3.05, 3.63) is 0 Å². The second kappa shape index (κ2) is 38.3. The predicted molar refractivity (Wildman–Crippen MR) is 200 cm³/mol. The molecule has 0 aromatic heterocycles. The van der Waals surface area contributed by atoms with Gasteiger partial charge in [-0.05, 0) is 32.2 Å². The van der Waals surface area contributed by atoms with Crippen LogP contribution in [0.4, 0.5) is 0 Å². The molecule has 0 aliphatic carbocycles.